The lowest BCUT2D eigenvalue weighted by molar-refractivity contribution is 0.0347. The van der Waals surface area contributed by atoms with E-state index in [0.29, 0.717) is 25.6 Å². The molecule has 0 bridgehead atoms. The maximum absolute atomic E-state index is 5.87. The fourth-order valence-corrected chi connectivity index (χ4v) is 2.89. The summed E-state index contributed by atoms with van der Waals surface area (Å²) in [4.78, 5) is 9.16. The summed E-state index contributed by atoms with van der Waals surface area (Å²) in [5.41, 5.74) is 2.97. The van der Waals surface area contributed by atoms with Gasteiger partial charge in [0, 0.05) is 24.8 Å². The van der Waals surface area contributed by atoms with Crippen LogP contribution in [-0.2, 0) is 16.0 Å². The second kappa shape index (κ2) is 10.2. The summed E-state index contributed by atoms with van der Waals surface area (Å²) in [6.45, 7) is 9.49. The molecule has 2 atom stereocenters. The first-order valence-corrected chi connectivity index (χ1v) is 9.89. The smallest absolute Gasteiger partial charge is 0.226 e. The molecule has 0 saturated carbocycles. The predicted octanol–water partition coefficient (Wildman–Crippen LogP) is 2.90. The van der Waals surface area contributed by atoms with Crippen LogP contribution in [0.3, 0.4) is 0 Å². The van der Waals surface area contributed by atoms with Gasteiger partial charge < -0.3 is 24.5 Å². The topological polar surface area (TPSA) is 80.9 Å². The Morgan fingerprint density at radius 3 is 2.89 bits per heavy atom. The maximum Gasteiger partial charge on any atom is 0.226 e. The first kappa shape index (κ1) is 20.4. The van der Waals surface area contributed by atoms with Gasteiger partial charge in [-0.25, -0.2) is 9.98 Å². The van der Waals surface area contributed by atoms with Crippen LogP contribution in [-0.4, -0.2) is 49.5 Å². The van der Waals surface area contributed by atoms with Crippen molar-refractivity contribution in [3.63, 3.8) is 0 Å². The molecule has 2 aromatic rings. The summed E-state index contributed by atoms with van der Waals surface area (Å²) in [7, 11) is 0. The van der Waals surface area contributed by atoms with Crippen molar-refractivity contribution >= 4 is 5.96 Å². The number of aliphatic imine (C=N–C) groups is 1. The zero-order valence-electron chi connectivity index (χ0n) is 16.9. The van der Waals surface area contributed by atoms with Crippen LogP contribution in [0.5, 0.6) is 0 Å². The normalized spacial score (nSPS) is 18.2. The highest BCUT2D eigenvalue weighted by Crippen LogP contribution is 2.19. The van der Waals surface area contributed by atoms with Gasteiger partial charge >= 0.3 is 0 Å². The van der Waals surface area contributed by atoms with Crippen molar-refractivity contribution in [2.24, 2.45) is 4.99 Å². The second-order valence-electron chi connectivity index (χ2n) is 7.07. The molecule has 0 radical (unpaired) electrons. The third-order valence-electron chi connectivity index (χ3n) is 4.45. The largest absolute Gasteiger partial charge is 0.444 e. The molecule has 2 heterocycles. The maximum atomic E-state index is 5.87. The molecular weight excluding hydrogens is 356 g/mol. The van der Waals surface area contributed by atoms with E-state index in [9.17, 15) is 0 Å². The summed E-state index contributed by atoms with van der Waals surface area (Å²) in [6, 6.07) is 8.25. The molecule has 0 spiro atoms. The molecule has 152 valence electrons. The number of ether oxygens (including phenoxy) is 2. The summed E-state index contributed by atoms with van der Waals surface area (Å²) in [5, 5.41) is 6.63. The number of rotatable bonds is 8. The monoisotopic (exact) mass is 386 g/mol. The zero-order valence-corrected chi connectivity index (χ0v) is 16.9. The molecule has 28 heavy (non-hydrogen) atoms. The fourth-order valence-electron chi connectivity index (χ4n) is 2.89. The Hall–Kier alpha value is -2.38. The molecule has 2 unspecified atom stereocenters. The molecule has 1 fully saturated rings. The van der Waals surface area contributed by atoms with Gasteiger partial charge in [0.25, 0.3) is 0 Å². The molecule has 1 aromatic carbocycles. The van der Waals surface area contributed by atoms with Crippen molar-refractivity contribution in [2.75, 3.05) is 26.4 Å². The number of benzene rings is 1. The van der Waals surface area contributed by atoms with Gasteiger partial charge in [-0.15, -0.1) is 0 Å². The van der Waals surface area contributed by atoms with Crippen molar-refractivity contribution in [1.82, 2.24) is 15.6 Å². The van der Waals surface area contributed by atoms with Gasteiger partial charge in [0.15, 0.2) is 5.96 Å². The molecule has 2 N–H and O–H groups in total. The predicted molar refractivity (Wildman–Crippen MR) is 109 cm³/mol. The lowest BCUT2D eigenvalue weighted by Gasteiger charge is -2.19. The summed E-state index contributed by atoms with van der Waals surface area (Å²) >= 11 is 0. The Balaban J connectivity index is 1.54. The zero-order chi connectivity index (χ0) is 19.8. The van der Waals surface area contributed by atoms with Gasteiger partial charge in [-0.2, -0.15) is 0 Å². The molecule has 7 nitrogen and oxygen atoms in total. The summed E-state index contributed by atoms with van der Waals surface area (Å²) in [6.07, 6.45) is 2.84. The van der Waals surface area contributed by atoms with Crippen LogP contribution in [0.4, 0.5) is 0 Å². The minimum atomic E-state index is 0.138. The molecule has 0 amide bonds. The van der Waals surface area contributed by atoms with Crippen LogP contribution in [0.2, 0.25) is 0 Å². The average Bonchev–Trinajstić information content (AvgIpc) is 3.37. The number of aromatic nitrogens is 1. The number of nitrogens with zero attached hydrogens (tertiary/aromatic N) is 2. The van der Waals surface area contributed by atoms with Gasteiger partial charge in [0.05, 0.1) is 25.9 Å². The van der Waals surface area contributed by atoms with E-state index in [-0.39, 0.29) is 12.1 Å². The number of oxazole rings is 1. The van der Waals surface area contributed by atoms with Crippen molar-refractivity contribution < 1.29 is 13.9 Å². The Morgan fingerprint density at radius 1 is 1.36 bits per heavy atom. The van der Waals surface area contributed by atoms with E-state index in [1.54, 1.807) is 6.26 Å². The minimum absolute atomic E-state index is 0.138. The molecule has 1 aromatic heterocycles. The van der Waals surface area contributed by atoms with Gasteiger partial charge in [0.2, 0.25) is 5.89 Å². The van der Waals surface area contributed by atoms with Gasteiger partial charge in [0.1, 0.15) is 12.0 Å². The van der Waals surface area contributed by atoms with Crippen molar-refractivity contribution in [2.45, 2.75) is 45.9 Å². The van der Waals surface area contributed by atoms with Crippen LogP contribution in [0, 0.1) is 6.92 Å². The fraction of sp³-hybridized carbons (Fsp3) is 0.524. The van der Waals surface area contributed by atoms with Crippen molar-refractivity contribution in [3.8, 4) is 11.5 Å². The Labute approximate surface area is 166 Å². The van der Waals surface area contributed by atoms with Gasteiger partial charge in [-0.3, -0.25) is 0 Å². The molecular formula is C21H30N4O3. The molecule has 0 aliphatic carbocycles. The van der Waals surface area contributed by atoms with Gasteiger partial charge in [-0.1, -0.05) is 17.7 Å². The minimum Gasteiger partial charge on any atom is -0.444 e. The van der Waals surface area contributed by atoms with Crippen LogP contribution >= 0.6 is 0 Å². The average molecular weight is 386 g/mol. The van der Waals surface area contributed by atoms with E-state index < -0.39 is 0 Å². The number of nitrogens with one attached hydrogen (secondary N) is 2. The van der Waals surface area contributed by atoms with Crippen LogP contribution < -0.4 is 10.6 Å². The van der Waals surface area contributed by atoms with Crippen molar-refractivity contribution in [3.05, 3.63) is 41.8 Å². The molecule has 1 aliphatic heterocycles. The van der Waals surface area contributed by atoms with Crippen LogP contribution in [0.1, 0.15) is 31.5 Å². The Morgan fingerprint density at radius 2 is 2.18 bits per heavy atom. The highest BCUT2D eigenvalue weighted by molar-refractivity contribution is 5.80. The molecule has 7 heteroatoms. The summed E-state index contributed by atoms with van der Waals surface area (Å²) < 4.78 is 16.8. The molecule has 1 aliphatic rings. The van der Waals surface area contributed by atoms with E-state index >= 15 is 0 Å². The van der Waals surface area contributed by atoms with Crippen LogP contribution in [0.15, 0.2) is 39.9 Å². The second-order valence-corrected chi connectivity index (χ2v) is 7.07. The Kier molecular flexibility index (Phi) is 7.45. The van der Waals surface area contributed by atoms with E-state index in [1.807, 2.05) is 31.2 Å². The quantitative estimate of drug-likeness (QED) is 0.536. The standard InChI is InChI=1S/C21H30N4O3/c1-4-22-21(24-16(3)12-27-19-9-10-26-14-19)23-11-18-13-28-20(25-18)17-7-5-15(2)6-8-17/h5-8,13,16,19H,4,9-12,14H2,1-3H3,(H2,22,23,24). The van der Waals surface area contributed by atoms with E-state index in [4.69, 9.17) is 13.9 Å². The third kappa shape index (κ3) is 6.07. The lowest BCUT2D eigenvalue weighted by Crippen LogP contribution is -2.44. The SMILES string of the molecule is CCNC(=NCc1coc(-c2ccc(C)cc2)n1)NC(C)COC1CCOC1. The number of hydrogen-bond acceptors (Lipinski definition) is 5. The van der Waals surface area contributed by atoms with Crippen LogP contribution in [0.25, 0.3) is 11.5 Å². The third-order valence-corrected chi connectivity index (χ3v) is 4.45. The molecule has 3 rings (SSSR count). The lowest BCUT2D eigenvalue weighted by atomic mass is 10.1. The van der Waals surface area contributed by atoms with E-state index in [1.165, 1.54) is 5.56 Å². The highest BCUT2D eigenvalue weighted by Gasteiger charge is 2.17. The summed E-state index contributed by atoms with van der Waals surface area (Å²) in [5.74, 6) is 1.35. The van der Waals surface area contributed by atoms with Crippen molar-refractivity contribution in [1.29, 1.82) is 0 Å². The molecule has 1 saturated heterocycles. The highest BCUT2D eigenvalue weighted by atomic mass is 16.5. The van der Waals surface area contributed by atoms with E-state index in [0.717, 1.165) is 36.8 Å². The number of aryl methyl sites for hydroxylation is 1. The number of hydrogen-bond donors (Lipinski definition) is 2. The first-order valence-electron chi connectivity index (χ1n) is 9.89. The number of guanidine groups is 1. The Bertz CT molecular complexity index is 751. The van der Waals surface area contributed by atoms with E-state index in [2.05, 4.69) is 34.5 Å². The van der Waals surface area contributed by atoms with Gasteiger partial charge in [-0.05, 0) is 39.3 Å². The first-order chi connectivity index (χ1) is 13.6.